The molecule has 0 amide bonds. The minimum absolute atomic E-state index is 0.857. The van der Waals surface area contributed by atoms with Gasteiger partial charge in [-0.05, 0) is 0 Å². The van der Waals surface area contributed by atoms with Crippen LogP contribution in [0.1, 0.15) is 11.1 Å². The summed E-state index contributed by atoms with van der Waals surface area (Å²) >= 11 is -1.47. The summed E-state index contributed by atoms with van der Waals surface area (Å²) in [5.41, 5.74) is 2.62. The zero-order valence-corrected chi connectivity index (χ0v) is 7.25. The number of fused-ring (bicyclic) bond motifs is 1. The maximum absolute atomic E-state index is 11.1. The second kappa shape index (κ2) is 2.30. The summed E-state index contributed by atoms with van der Waals surface area (Å²) in [4.78, 5) is 0. The molecule has 2 rings (SSSR count). The molecular formula is C8H8OSe. The molecule has 1 aromatic carbocycles. The first-order valence-electron chi connectivity index (χ1n) is 3.28. The molecule has 10 heavy (non-hydrogen) atoms. The van der Waals surface area contributed by atoms with Crippen molar-refractivity contribution >= 4 is 13.8 Å². The van der Waals surface area contributed by atoms with E-state index < -0.39 is 13.8 Å². The van der Waals surface area contributed by atoms with Crippen molar-refractivity contribution in [2.45, 2.75) is 10.6 Å². The summed E-state index contributed by atoms with van der Waals surface area (Å²) in [6, 6.07) is 8.19. The van der Waals surface area contributed by atoms with E-state index in [1.165, 1.54) is 11.1 Å². The first-order valence-corrected chi connectivity index (χ1v) is 6.40. The van der Waals surface area contributed by atoms with Crippen LogP contribution in [-0.4, -0.2) is 13.8 Å². The summed E-state index contributed by atoms with van der Waals surface area (Å²) in [5.74, 6) is 0. The third kappa shape index (κ3) is 0.938. The van der Waals surface area contributed by atoms with Gasteiger partial charge in [0.2, 0.25) is 0 Å². The molecule has 0 aliphatic carbocycles. The fourth-order valence-corrected chi connectivity index (χ4v) is 4.09. The van der Waals surface area contributed by atoms with E-state index in [2.05, 4.69) is 12.1 Å². The van der Waals surface area contributed by atoms with Crippen molar-refractivity contribution in [2.24, 2.45) is 0 Å². The van der Waals surface area contributed by atoms with Gasteiger partial charge in [0.25, 0.3) is 0 Å². The van der Waals surface area contributed by atoms with Crippen molar-refractivity contribution in [3.8, 4) is 0 Å². The van der Waals surface area contributed by atoms with Crippen LogP contribution >= 0.6 is 0 Å². The quantitative estimate of drug-likeness (QED) is 0.575. The van der Waals surface area contributed by atoms with Crippen molar-refractivity contribution < 1.29 is 3.83 Å². The van der Waals surface area contributed by atoms with Gasteiger partial charge in [-0.15, -0.1) is 0 Å². The van der Waals surface area contributed by atoms with Crippen LogP contribution in [0.3, 0.4) is 0 Å². The van der Waals surface area contributed by atoms with Crippen molar-refractivity contribution in [3.05, 3.63) is 35.4 Å². The van der Waals surface area contributed by atoms with Crippen LogP contribution < -0.4 is 0 Å². The molecule has 1 heterocycles. The molecule has 0 fully saturated rings. The van der Waals surface area contributed by atoms with Crippen LogP contribution in [0.5, 0.6) is 0 Å². The molecule has 0 bridgehead atoms. The van der Waals surface area contributed by atoms with Gasteiger partial charge in [0.1, 0.15) is 0 Å². The molecule has 1 aliphatic heterocycles. The zero-order chi connectivity index (χ0) is 6.97. The molecule has 0 spiro atoms. The molecule has 0 saturated carbocycles. The van der Waals surface area contributed by atoms with Crippen LogP contribution in [0, 0.1) is 0 Å². The van der Waals surface area contributed by atoms with Gasteiger partial charge in [-0.1, -0.05) is 0 Å². The Morgan fingerprint density at radius 1 is 1.10 bits per heavy atom. The van der Waals surface area contributed by atoms with E-state index in [1.54, 1.807) is 0 Å². The van der Waals surface area contributed by atoms with Crippen molar-refractivity contribution in [3.63, 3.8) is 0 Å². The Morgan fingerprint density at radius 2 is 1.60 bits per heavy atom. The molecule has 0 aromatic heterocycles. The monoisotopic (exact) mass is 200 g/mol. The first kappa shape index (κ1) is 6.26. The van der Waals surface area contributed by atoms with Gasteiger partial charge >= 0.3 is 63.7 Å². The average molecular weight is 199 g/mol. The normalized spacial score (nSPS) is 17.2. The maximum atomic E-state index is 11.1. The predicted octanol–water partition coefficient (Wildman–Crippen LogP) is 1.29. The molecule has 1 aliphatic rings. The van der Waals surface area contributed by atoms with Gasteiger partial charge in [-0.2, -0.15) is 0 Å². The number of hydrogen-bond donors (Lipinski definition) is 0. The average Bonchev–Trinajstić information content (AvgIpc) is 2.27. The Kier molecular flexibility index (Phi) is 1.44. The topological polar surface area (TPSA) is 17.1 Å². The van der Waals surface area contributed by atoms with E-state index in [4.69, 9.17) is 0 Å². The van der Waals surface area contributed by atoms with Crippen LogP contribution in [0.15, 0.2) is 24.3 Å². The van der Waals surface area contributed by atoms with Gasteiger partial charge in [0.15, 0.2) is 0 Å². The third-order valence-corrected chi connectivity index (χ3v) is 4.41. The molecule has 2 heteroatoms. The molecule has 0 unspecified atom stereocenters. The van der Waals surface area contributed by atoms with Crippen molar-refractivity contribution in [1.82, 2.24) is 0 Å². The van der Waals surface area contributed by atoms with Crippen molar-refractivity contribution in [1.29, 1.82) is 0 Å². The van der Waals surface area contributed by atoms with E-state index in [0.717, 1.165) is 10.6 Å². The molecule has 52 valence electrons. The van der Waals surface area contributed by atoms with Crippen LogP contribution in [0.4, 0.5) is 0 Å². The third-order valence-electron chi connectivity index (χ3n) is 1.75. The van der Waals surface area contributed by atoms with Gasteiger partial charge in [-0.25, -0.2) is 0 Å². The van der Waals surface area contributed by atoms with Crippen LogP contribution in [0.2, 0.25) is 0 Å². The molecule has 0 saturated heterocycles. The summed E-state index contributed by atoms with van der Waals surface area (Å²) in [6.45, 7) is 0. The van der Waals surface area contributed by atoms with E-state index in [1.807, 2.05) is 12.1 Å². The summed E-state index contributed by atoms with van der Waals surface area (Å²) in [5, 5.41) is 1.71. The first-order chi connectivity index (χ1) is 4.86. The second-order valence-electron chi connectivity index (χ2n) is 2.50. The van der Waals surface area contributed by atoms with E-state index in [0.29, 0.717) is 0 Å². The fourth-order valence-electron chi connectivity index (χ4n) is 1.24. The Labute approximate surface area is 64.2 Å². The van der Waals surface area contributed by atoms with E-state index >= 15 is 0 Å². The Hall–Kier alpha value is -0.461. The Morgan fingerprint density at radius 3 is 2.10 bits per heavy atom. The molecule has 1 aromatic rings. The fraction of sp³-hybridized carbons (Fsp3) is 0.250. The summed E-state index contributed by atoms with van der Waals surface area (Å²) in [6.07, 6.45) is 0. The number of hydrogen-bond acceptors (Lipinski definition) is 1. The van der Waals surface area contributed by atoms with Crippen LogP contribution in [0.25, 0.3) is 0 Å². The predicted molar refractivity (Wildman–Crippen MR) is 40.3 cm³/mol. The zero-order valence-electron chi connectivity index (χ0n) is 5.54. The molecule has 0 atom stereocenters. The number of rotatable bonds is 0. The SMILES string of the molecule is O=[Se]1Cc2ccccc2C1. The second-order valence-corrected chi connectivity index (χ2v) is 5.55. The molecular weight excluding hydrogens is 191 g/mol. The van der Waals surface area contributed by atoms with Gasteiger partial charge in [0, 0.05) is 0 Å². The Balaban J connectivity index is 2.51. The number of benzene rings is 1. The van der Waals surface area contributed by atoms with Crippen molar-refractivity contribution in [2.75, 3.05) is 0 Å². The van der Waals surface area contributed by atoms with Gasteiger partial charge in [0.05, 0.1) is 0 Å². The standard InChI is InChI=1S/C8H8OSe/c9-10-5-7-3-1-2-4-8(7)6-10/h1-4H,5-6H2. The summed E-state index contributed by atoms with van der Waals surface area (Å²) in [7, 11) is 0. The van der Waals surface area contributed by atoms with Gasteiger partial charge < -0.3 is 0 Å². The van der Waals surface area contributed by atoms with E-state index in [-0.39, 0.29) is 0 Å². The molecule has 1 nitrogen and oxygen atoms in total. The molecule has 0 N–H and O–H groups in total. The molecule has 0 radical (unpaired) electrons. The Bertz CT molecular complexity index is 253. The van der Waals surface area contributed by atoms with Crippen LogP contribution in [-0.2, 0) is 14.5 Å². The van der Waals surface area contributed by atoms with Gasteiger partial charge in [-0.3, -0.25) is 0 Å². The summed E-state index contributed by atoms with van der Waals surface area (Å²) < 4.78 is 11.1. The van der Waals surface area contributed by atoms with E-state index in [9.17, 15) is 3.83 Å². The minimum atomic E-state index is -1.47.